The van der Waals surface area contributed by atoms with Crippen LogP contribution in [-0.4, -0.2) is 27.7 Å². The number of aromatic nitrogens is 1. The van der Waals surface area contributed by atoms with E-state index >= 15 is 0 Å². The number of benzene rings is 2. The van der Waals surface area contributed by atoms with Crippen molar-refractivity contribution in [1.82, 2.24) is 4.98 Å². The number of carbonyl (C=O) groups excluding carboxylic acids is 1. The number of hydrogen-bond acceptors (Lipinski definition) is 5. The third kappa shape index (κ3) is 4.11. The number of aromatic carboxylic acids is 1. The van der Waals surface area contributed by atoms with E-state index in [1.165, 1.54) is 12.1 Å². The maximum atomic E-state index is 12.2. The lowest BCUT2D eigenvalue weighted by Crippen LogP contribution is -2.04. The Morgan fingerprint density at radius 3 is 2.55 bits per heavy atom. The SMILES string of the molecule is N=C(/C=C/c1ccc(C(=O)O)cc1)c1ccc(C=C2C(=O)Nc3ncccc32)cc1N. The van der Waals surface area contributed by atoms with Crippen LogP contribution in [0.25, 0.3) is 17.7 Å². The zero-order valence-corrected chi connectivity index (χ0v) is 16.3. The number of pyridine rings is 1. The van der Waals surface area contributed by atoms with Gasteiger partial charge in [-0.25, -0.2) is 9.78 Å². The van der Waals surface area contributed by atoms with Crippen LogP contribution in [0.5, 0.6) is 0 Å². The van der Waals surface area contributed by atoms with Crippen LogP contribution >= 0.6 is 0 Å². The summed E-state index contributed by atoms with van der Waals surface area (Å²) in [5.74, 6) is -0.673. The number of carbonyl (C=O) groups is 2. The minimum Gasteiger partial charge on any atom is -0.478 e. The lowest BCUT2D eigenvalue weighted by molar-refractivity contribution is -0.110. The number of nitrogen functional groups attached to an aromatic ring is 1. The summed E-state index contributed by atoms with van der Waals surface area (Å²) in [5.41, 5.74) is 10.3. The lowest BCUT2D eigenvalue weighted by atomic mass is 10.0. The molecule has 0 saturated heterocycles. The van der Waals surface area contributed by atoms with Crippen molar-refractivity contribution in [3.8, 4) is 0 Å². The highest BCUT2D eigenvalue weighted by Crippen LogP contribution is 2.31. The molecule has 0 fully saturated rings. The minimum absolute atomic E-state index is 0.204. The van der Waals surface area contributed by atoms with Gasteiger partial charge in [-0.2, -0.15) is 0 Å². The number of carboxylic acid groups (broad SMARTS) is 1. The van der Waals surface area contributed by atoms with Crippen molar-refractivity contribution in [3.63, 3.8) is 0 Å². The predicted octanol–water partition coefficient (Wildman–Crippen LogP) is 3.94. The van der Waals surface area contributed by atoms with Crippen LogP contribution < -0.4 is 11.1 Å². The molecular weight excluding hydrogens is 392 g/mol. The van der Waals surface area contributed by atoms with Gasteiger partial charge in [0.15, 0.2) is 0 Å². The van der Waals surface area contributed by atoms with Gasteiger partial charge in [0.05, 0.1) is 16.8 Å². The number of fused-ring (bicyclic) bond motifs is 1. The second kappa shape index (κ2) is 8.08. The average molecular weight is 410 g/mol. The van der Waals surface area contributed by atoms with E-state index in [1.54, 1.807) is 60.8 Å². The van der Waals surface area contributed by atoms with Crippen LogP contribution in [0.15, 0.2) is 66.9 Å². The third-order valence-corrected chi connectivity index (χ3v) is 4.85. The number of allylic oxidation sites excluding steroid dienone is 1. The van der Waals surface area contributed by atoms with Crippen LogP contribution in [-0.2, 0) is 4.79 Å². The van der Waals surface area contributed by atoms with Crippen molar-refractivity contribution < 1.29 is 14.7 Å². The van der Waals surface area contributed by atoms with Crippen LogP contribution in [0, 0.1) is 5.41 Å². The summed E-state index contributed by atoms with van der Waals surface area (Å²) >= 11 is 0. The number of nitrogens with zero attached hydrogens (tertiary/aromatic N) is 1. The molecule has 1 aliphatic rings. The van der Waals surface area contributed by atoms with Crippen molar-refractivity contribution in [3.05, 3.63) is 94.7 Å². The van der Waals surface area contributed by atoms with E-state index in [2.05, 4.69) is 10.3 Å². The molecule has 31 heavy (non-hydrogen) atoms. The minimum atomic E-state index is -0.985. The Morgan fingerprint density at radius 1 is 1.10 bits per heavy atom. The fourth-order valence-electron chi connectivity index (χ4n) is 3.25. The quantitative estimate of drug-likeness (QED) is 0.288. The Labute approximate surface area is 178 Å². The van der Waals surface area contributed by atoms with Crippen LogP contribution in [0.2, 0.25) is 0 Å². The Balaban J connectivity index is 1.54. The van der Waals surface area contributed by atoms with Gasteiger partial charge in [0.1, 0.15) is 5.82 Å². The lowest BCUT2D eigenvalue weighted by Gasteiger charge is -2.06. The Kier molecular flexibility index (Phi) is 5.15. The molecule has 1 aliphatic heterocycles. The van der Waals surface area contributed by atoms with Crippen LogP contribution in [0.3, 0.4) is 0 Å². The summed E-state index contributed by atoms with van der Waals surface area (Å²) < 4.78 is 0. The second-order valence-electron chi connectivity index (χ2n) is 6.93. The first-order valence-corrected chi connectivity index (χ1v) is 9.41. The van der Waals surface area contributed by atoms with Crippen LogP contribution in [0.4, 0.5) is 11.5 Å². The van der Waals surface area contributed by atoms with Gasteiger partial charge in [-0.1, -0.05) is 30.3 Å². The highest BCUT2D eigenvalue weighted by atomic mass is 16.4. The van der Waals surface area contributed by atoms with Gasteiger partial charge in [0.2, 0.25) is 0 Å². The van der Waals surface area contributed by atoms with Gasteiger partial charge in [0, 0.05) is 23.0 Å². The average Bonchev–Trinajstić information content (AvgIpc) is 3.07. The number of nitrogens with two attached hydrogens (primary N) is 1. The van der Waals surface area contributed by atoms with Crippen LogP contribution in [0.1, 0.15) is 32.6 Å². The molecule has 0 atom stereocenters. The largest absolute Gasteiger partial charge is 0.478 e. The van der Waals surface area contributed by atoms with Crippen molar-refractivity contribution in [2.45, 2.75) is 0 Å². The zero-order chi connectivity index (χ0) is 22.0. The number of rotatable bonds is 5. The molecule has 0 bridgehead atoms. The van der Waals surface area contributed by atoms with Gasteiger partial charge in [-0.3, -0.25) is 4.79 Å². The molecule has 1 aromatic heterocycles. The van der Waals surface area contributed by atoms with Gasteiger partial charge < -0.3 is 21.6 Å². The summed E-state index contributed by atoms with van der Waals surface area (Å²) in [4.78, 5) is 27.3. The molecule has 7 nitrogen and oxygen atoms in total. The number of carboxylic acids is 1. The standard InChI is InChI=1S/C24H18N4O3/c25-20(10-6-14-3-7-16(8-4-14)24(30)31)18-9-5-15(13-21(18)26)12-19-17-2-1-11-27-22(17)28-23(19)29/h1-13,25H,26H2,(H,30,31)(H,27,28,29)/b10-6+,19-12?,25-20?. The van der Waals surface area contributed by atoms with E-state index in [0.717, 1.165) is 16.7 Å². The molecular formula is C24H18N4O3. The topological polar surface area (TPSA) is 129 Å². The van der Waals surface area contributed by atoms with E-state index in [-0.39, 0.29) is 17.2 Å². The number of hydrogen-bond donors (Lipinski definition) is 4. The second-order valence-corrected chi connectivity index (χ2v) is 6.93. The first-order chi connectivity index (χ1) is 14.9. The molecule has 1 amide bonds. The van der Waals surface area contributed by atoms with Gasteiger partial charge in [0.25, 0.3) is 5.91 Å². The molecule has 0 saturated carbocycles. The van der Waals surface area contributed by atoms with Crippen molar-refractivity contribution in [2.24, 2.45) is 0 Å². The smallest absolute Gasteiger partial charge is 0.335 e. The van der Waals surface area contributed by atoms with E-state index in [0.29, 0.717) is 22.6 Å². The van der Waals surface area contributed by atoms with Gasteiger partial charge in [-0.05, 0) is 53.6 Å². The Bertz CT molecular complexity index is 1270. The van der Waals surface area contributed by atoms with Crippen molar-refractivity contribution >= 4 is 46.8 Å². The fraction of sp³-hybridized carbons (Fsp3) is 0. The van der Waals surface area contributed by atoms with E-state index in [1.807, 2.05) is 6.07 Å². The Hall–Kier alpha value is -4.52. The highest BCUT2D eigenvalue weighted by Gasteiger charge is 2.24. The van der Waals surface area contributed by atoms with Crippen molar-refractivity contribution in [1.29, 1.82) is 5.41 Å². The molecule has 0 unspecified atom stereocenters. The highest BCUT2D eigenvalue weighted by molar-refractivity contribution is 6.34. The summed E-state index contributed by atoms with van der Waals surface area (Å²) in [6.45, 7) is 0. The molecule has 4 rings (SSSR count). The molecule has 5 N–H and O–H groups in total. The predicted molar refractivity (Wildman–Crippen MR) is 121 cm³/mol. The maximum Gasteiger partial charge on any atom is 0.335 e. The first-order valence-electron chi connectivity index (χ1n) is 9.41. The number of nitrogens with one attached hydrogen (secondary N) is 2. The summed E-state index contributed by atoms with van der Waals surface area (Å²) in [6.07, 6.45) is 6.68. The monoisotopic (exact) mass is 410 g/mol. The van der Waals surface area contributed by atoms with E-state index in [9.17, 15) is 9.59 Å². The normalized spacial score (nSPS) is 13.9. The van der Waals surface area contributed by atoms with Gasteiger partial charge >= 0.3 is 5.97 Å². The number of amides is 1. The number of anilines is 2. The van der Waals surface area contributed by atoms with E-state index in [4.69, 9.17) is 16.2 Å². The van der Waals surface area contributed by atoms with Gasteiger partial charge in [-0.15, -0.1) is 0 Å². The molecule has 3 aromatic rings. The Morgan fingerprint density at radius 2 is 1.84 bits per heavy atom. The van der Waals surface area contributed by atoms with E-state index < -0.39 is 5.97 Å². The van der Waals surface area contributed by atoms with Crippen molar-refractivity contribution in [2.75, 3.05) is 11.1 Å². The summed E-state index contributed by atoms with van der Waals surface area (Å²) in [7, 11) is 0. The fourth-order valence-corrected chi connectivity index (χ4v) is 3.25. The molecule has 2 heterocycles. The molecule has 152 valence electrons. The zero-order valence-electron chi connectivity index (χ0n) is 16.3. The maximum absolute atomic E-state index is 12.2. The molecule has 0 aliphatic carbocycles. The molecule has 2 aromatic carbocycles. The summed E-state index contributed by atoms with van der Waals surface area (Å²) in [6, 6.07) is 15.2. The molecule has 0 radical (unpaired) electrons. The summed E-state index contributed by atoms with van der Waals surface area (Å²) in [5, 5.41) is 20.0. The third-order valence-electron chi connectivity index (χ3n) is 4.85. The first kappa shape index (κ1) is 19.8. The molecule has 0 spiro atoms. The molecule has 7 heteroatoms.